The molecule has 92 valence electrons. The van der Waals surface area contributed by atoms with Crippen LogP contribution in [0.3, 0.4) is 0 Å². The molecule has 1 unspecified atom stereocenters. The van der Waals surface area contributed by atoms with Crippen LogP contribution in [0.4, 0.5) is 0 Å². The van der Waals surface area contributed by atoms with E-state index in [1.54, 1.807) is 0 Å². The van der Waals surface area contributed by atoms with Gasteiger partial charge in [0.15, 0.2) is 0 Å². The summed E-state index contributed by atoms with van der Waals surface area (Å²) in [5, 5.41) is 0.902. The highest BCUT2D eigenvalue weighted by atomic mass is 35.5. The van der Waals surface area contributed by atoms with Crippen LogP contribution >= 0.6 is 11.6 Å². The van der Waals surface area contributed by atoms with Crippen molar-refractivity contribution < 1.29 is 0 Å². The van der Waals surface area contributed by atoms with Crippen molar-refractivity contribution in [2.75, 3.05) is 20.1 Å². The molecular weight excluding hydrogens is 232 g/mol. The molecule has 3 rings (SSSR count). The molecule has 0 amide bonds. The Morgan fingerprint density at radius 3 is 2.71 bits per heavy atom. The maximum absolute atomic E-state index is 6.42. The minimum absolute atomic E-state index is 0.0748. The van der Waals surface area contributed by atoms with Gasteiger partial charge >= 0.3 is 0 Å². The topological polar surface area (TPSA) is 29.3 Å². The molecule has 0 bridgehead atoms. The predicted octanol–water partition coefficient (Wildman–Crippen LogP) is 2.71. The van der Waals surface area contributed by atoms with Gasteiger partial charge in [-0.05, 0) is 56.0 Å². The van der Waals surface area contributed by atoms with Crippen LogP contribution < -0.4 is 5.73 Å². The fourth-order valence-corrected chi connectivity index (χ4v) is 3.11. The molecule has 1 aliphatic carbocycles. The Hall–Kier alpha value is -0.570. The second-order valence-electron chi connectivity index (χ2n) is 5.64. The van der Waals surface area contributed by atoms with Crippen molar-refractivity contribution in [3.8, 4) is 0 Å². The van der Waals surface area contributed by atoms with Crippen molar-refractivity contribution in [1.29, 1.82) is 0 Å². The molecule has 0 spiro atoms. The summed E-state index contributed by atoms with van der Waals surface area (Å²) in [6.45, 7) is 2.29. The van der Waals surface area contributed by atoms with Gasteiger partial charge < -0.3 is 10.6 Å². The normalized spacial score (nSPS) is 27.4. The molecular formula is C14H19ClN2. The van der Waals surface area contributed by atoms with E-state index in [0.29, 0.717) is 5.92 Å². The first-order chi connectivity index (χ1) is 8.08. The van der Waals surface area contributed by atoms with Gasteiger partial charge in [0.05, 0.1) is 0 Å². The predicted molar refractivity (Wildman–Crippen MR) is 71.4 cm³/mol. The lowest BCUT2D eigenvalue weighted by Gasteiger charge is -2.16. The third kappa shape index (κ3) is 2.10. The van der Waals surface area contributed by atoms with E-state index in [9.17, 15) is 0 Å². The van der Waals surface area contributed by atoms with Crippen molar-refractivity contribution in [2.45, 2.75) is 30.7 Å². The number of halogens is 1. The van der Waals surface area contributed by atoms with Gasteiger partial charge in [0.1, 0.15) is 0 Å². The number of likely N-dealkylation sites (tertiary alicyclic amines) is 1. The standard InChI is InChI=1S/C14H19ClN2/c1-17-7-4-10(9-17)12-3-2-11(8-13(12)15)14(16)5-6-14/h2-3,8,10H,4-7,9,16H2,1H3. The minimum Gasteiger partial charge on any atom is -0.321 e. The van der Waals surface area contributed by atoms with E-state index in [2.05, 4.69) is 30.1 Å². The lowest BCUT2D eigenvalue weighted by Crippen LogP contribution is -2.19. The highest BCUT2D eigenvalue weighted by molar-refractivity contribution is 6.31. The average Bonchev–Trinajstić information content (AvgIpc) is 2.90. The van der Waals surface area contributed by atoms with Gasteiger partial charge in [-0.2, -0.15) is 0 Å². The molecule has 1 aromatic rings. The van der Waals surface area contributed by atoms with E-state index < -0.39 is 0 Å². The number of benzene rings is 1. The minimum atomic E-state index is -0.0748. The van der Waals surface area contributed by atoms with Crippen LogP contribution in [0.2, 0.25) is 5.02 Å². The van der Waals surface area contributed by atoms with E-state index >= 15 is 0 Å². The largest absolute Gasteiger partial charge is 0.321 e. The molecule has 1 saturated heterocycles. The summed E-state index contributed by atoms with van der Waals surface area (Å²) >= 11 is 6.42. The van der Waals surface area contributed by atoms with Crippen molar-refractivity contribution >= 4 is 11.6 Å². The molecule has 2 aliphatic rings. The van der Waals surface area contributed by atoms with Crippen LogP contribution in [0.15, 0.2) is 18.2 Å². The molecule has 0 aromatic heterocycles. The van der Waals surface area contributed by atoms with Gasteiger partial charge in [-0.3, -0.25) is 0 Å². The Morgan fingerprint density at radius 1 is 1.41 bits per heavy atom. The summed E-state index contributed by atoms with van der Waals surface area (Å²) in [5.74, 6) is 0.592. The first-order valence-electron chi connectivity index (χ1n) is 6.36. The molecule has 3 heteroatoms. The van der Waals surface area contributed by atoms with Crippen LogP contribution in [0, 0.1) is 0 Å². The third-order valence-electron chi connectivity index (χ3n) is 4.20. The molecule has 1 atom stereocenters. The van der Waals surface area contributed by atoms with Gasteiger partial charge in [-0.1, -0.05) is 23.7 Å². The SMILES string of the molecule is CN1CCC(c2ccc(C3(N)CC3)cc2Cl)C1. The lowest BCUT2D eigenvalue weighted by molar-refractivity contribution is 0.411. The molecule has 1 aromatic carbocycles. The molecule has 1 aliphatic heterocycles. The zero-order chi connectivity index (χ0) is 12.0. The summed E-state index contributed by atoms with van der Waals surface area (Å²) < 4.78 is 0. The van der Waals surface area contributed by atoms with E-state index in [1.165, 1.54) is 24.1 Å². The van der Waals surface area contributed by atoms with E-state index in [0.717, 1.165) is 24.4 Å². The van der Waals surface area contributed by atoms with Crippen LogP contribution in [-0.4, -0.2) is 25.0 Å². The van der Waals surface area contributed by atoms with Gasteiger partial charge in [-0.15, -0.1) is 0 Å². The van der Waals surface area contributed by atoms with Crippen molar-refractivity contribution in [2.24, 2.45) is 5.73 Å². The smallest absolute Gasteiger partial charge is 0.0444 e. The highest BCUT2D eigenvalue weighted by Gasteiger charge is 2.40. The molecule has 1 saturated carbocycles. The van der Waals surface area contributed by atoms with Gasteiger partial charge in [-0.25, -0.2) is 0 Å². The van der Waals surface area contributed by atoms with Crippen LogP contribution in [0.25, 0.3) is 0 Å². The van der Waals surface area contributed by atoms with Gasteiger partial charge in [0.2, 0.25) is 0 Å². The summed E-state index contributed by atoms with van der Waals surface area (Å²) in [4.78, 5) is 2.36. The number of likely N-dealkylation sites (N-methyl/N-ethyl adjacent to an activating group) is 1. The van der Waals surface area contributed by atoms with Crippen LogP contribution in [0.5, 0.6) is 0 Å². The Balaban J connectivity index is 1.86. The second-order valence-corrected chi connectivity index (χ2v) is 6.05. The average molecular weight is 251 g/mol. The van der Waals surface area contributed by atoms with Gasteiger partial charge in [0.25, 0.3) is 0 Å². The number of hydrogen-bond donors (Lipinski definition) is 1. The quantitative estimate of drug-likeness (QED) is 0.875. The Bertz CT molecular complexity index is 440. The number of nitrogens with zero attached hydrogens (tertiary/aromatic N) is 1. The van der Waals surface area contributed by atoms with Crippen molar-refractivity contribution in [3.63, 3.8) is 0 Å². The van der Waals surface area contributed by atoms with E-state index in [1.807, 2.05) is 0 Å². The highest BCUT2D eigenvalue weighted by Crippen LogP contribution is 2.44. The monoisotopic (exact) mass is 250 g/mol. The molecule has 2 N–H and O–H groups in total. The van der Waals surface area contributed by atoms with Gasteiger partial charge in [0, 0.05) is 17.1 Å². The molecule has 2 fully saturated rings. The summed E-state index contributed by atoms with van der Waals surface area (Å²) in [7, 11) is 2.17. The van der Waals surface area contributed by atoms with Crippen LogP contribution in [-0.2, 0) is 5.54 Å². The fraction of sp³-hybridized carbons (Fsp3) is 0.571. The Morgan fingerprint density at radius 2 is 2.18 bits per heavy atom. The zero-order valence-electron chi connectivity index (χ0n) is 10.2. The maximum atomic E-state index is 6.42. The molecule has 17 heavy (non-hydrogen) atoms. The first kappa shape index (κ1) is 11.5. The summed E-state index contributed by atoms with van der Waals surface area (Å²) in [6.07, 6.45) is 3.40. The summed E-state index contributed by atoms with van der Waals surface area (Å²) in [5.41, 5.74) is 8.62. The second kappa shape index (κ2) is 3.98. The van der Waals surface area contributed by atoms with Crippen molar-refractivity contribution in [1.82, 2.24) is 4.90 Å². The zero-order valence-corrected chi connectivity index (χ0v) is 11.0. The van der Waals surface area contributed by atoms with E-state index in [-0.39, 0.29) is 5.54 Å². The molecule has 2 nitrogen and oxygen atoms in total. The Labute approximate surface area is 108 Å². The molecule has 1 heterocycles. The Kier molecular flexibility index (Phi) is 2.69. The lowest BCUT2D eigenvalue weighted by atomic mass is 9.95. The first-order valence-corrected chi connectivity index (χ1v) is 6.74. The van der Waals surface area contributed by atoms with Crippen LogP contribution in [0.1, 0.15) is 36.3 Å². The third-order valence-corrected chi connectivity index (χ3v) is 4.52. The maximum Gasteiger partial charge on any atom is 0.0444 e. The fourth-order valence-electron chi connectivity index (χ4n) is 2.78. The molecule has 0 radical (unpaired) electrons. The number of rotatable bonds is 2. The van der Waals surface area contributed by atoms with Crippen molar-refractivity contribution in [3.05, 3.63) is 34.3 Å². The summed E-state index contributed by atoms with van der Waals surface area (Å²) in [6, 6.07) is 6.45. The van der Waals surface area contributed by atoms with E-state index in [4.69, 9.17) is 17.3 Å². The number of nitrogens with two attached hydrogens (primary N) is 1. The number of hydrogen-bond acceptors (Lipinski definition) is 2.